The lowest BCUT2D eigenvalue weighted by atomic mass is 10.2. The maximum atomic E-state index is 10.5. The van der Waals surface area contributed by atoms with Gasteiger partial charge in [-0.15, -0.1) is 0 Å². The van der Waals surface area contributed by atoms with Gasteiger partial charge in [0.25, 0.3) is 0 Å². The number of H-pyrrole nitrogens is 1. The van der Waals surface area contributed by atoms with E-state index in [4.69, 9.17) is 22.7 Å². The fourth-order valence-corrected chi connectivity index (χ4v) is 2.07. The van der Waals surface area contributed by atoms with E-state index in [2.05, 4.69) is 4.98 Å². The molecule has 0 radical (unpaired) electrons. The van der Waals surface area contributed by atoms with Crippen LogP contribution in [0.2, 0.25) is 0 Å². The van der Waals surface area contributed by atoms with Crippen molar-refractivity contribution >= 4 is 29.3 Å². The van der Waals surface area contributed by atoms with Gasteiger partial charge in [-0.3, -0.25) is 0 Å². The molecule has 5 nitrogen and oxygen atoms in total. The first-order chi connectivity index (χ1) is 8.09. The predicted octanol–water partition coefficient (Wildman–Crippen LogP) is 2.10. The highest BCUT2D eigenvalue weighted by Crippen LogP contribution is 2.17. The van der Waals surface area contributed by atoms with Crippen molar-refractivity contribution in [3.05, 3.63) is 28.5 Å². The standard InChI is InChI=1S/C11H13N3O2S/c1-7-3-2-4-8-9(7)13-11(17)14(8)5-6-16-10(12)15/h2-4H,5-6H2,1H3,(H2,12,15)(H,13,17). The Hall–Kier alpha value is -1.82. The average molecular weight is 251 g/mol. The van der Waals surface area contributed by atoms with E-state index in [1.807, 2.05) is 29.7 Å². The van der Waals surface area contributed by atoms with Crippen LogP contribution in [0.5, 0.6) is 0 Å². The maximum absolute atomic E-state index is 10.5. The summed E-state index contributed by atoms with van der Waals surface area (Å²) in [5.74, 6) is 0. The van der Waals surface area contributed by atoms with E-state index >= 15 is 0 Å². The molecule has 0 aliphatic heterocycles. The molecular formula is C11H13N3O2S. The Kier molecular flexibility index (Phi) is 3.14. The fourth-order valence-electron chi connectivity index (χ4n) is 1.78. The third-order valence-electron chi connectivity index (χ3n) is 2.58. The smallest absolute Gasteiger partial charge is 0.404 e. The van der Waals surface area contributed by atoms with E-state index < -0.39 is 6.09 Å². The molecule has 17 heavy (non-hydrogen) atoms. The molecule has 0 unspecified atom stereocenters. The van der Waals surface area contributed by atoms with Crippen molar-refractivity contribution < 1.29 is 9.53 Å². The molecule has 0 spiro atoms. The minimum absolute atomic E-state index is 0.213. The third-order valence-corrected chi connectivity index (χ3v) is 2.90. The highest BCUT2D eigenvalue weighted by Gasteiger charge is 2.06. The van der Waals surface area contributed by atoms with Crippen LogP contribution >= 0.6 is 12.2 Å². The largest absolute Gasteiger partial charge is 0.448 e. The number of amides is 1. The molecule has 2 aromatic rings. The molecule has 1 aromatic heterocycles. The Bertz CT molecular complexity index is 615. The van der Waals surface area contributed by atoms with Gasteiger partial charge in [0.1, 0.15) is 6.61 Å². The monoisotopic (exact) mass is 251 g/mol. The zero-order chi connectivity index (χ0) is 12.4. The number of aromatic nitrogens is 2. The summed E-state index contributed by atoms with van der Waals surface area (Å²) >= 11 is 5.23. The number of ether oxygens (including phenoxy) is 1. The van der Waals surface area contributed by atoms with Crippen molar-refractivity contribution in [2.45, 2.75) is 13.5 Å². The van der Waals surface area contributed by atoms with Crippen molar-refractivity contribution in [2.75, 3.05) is 6.61 Å². The van der Waals surface area contributed by atoms with Gasteiger partial charge in [0.2, 0.25) is 0 Å². The molecule has 1 amide bonds. The van der Waals surface area contributed by atoms with Crippen LogP contribution in [0.1, 0.15) is 5.56 Å². The van der Waals surface area contributed by atoms with Crippen LogP contribution in [0, 0.1) is 11.7 Å². The molecule has 0 saturated heterocycles. The zero-order valence-corrected chi connectivity index (χ0v) is 10.2. The number of para-hydroxylation sites is 1. The lowest BCUT2D eigenvalue weighted by molar-refractivity contribution is 0.152. The van der Waals surface area contributed by atoms with Crippen LogP contribution in [-0.2, 0) is 11.3 Å². The Labute approximate surface area is 103 Å². The Morgan fingerprint density at radius 2 is 2.35 bits per heavy atom. The number of nitrogens with one attached hydrogen (secondary N) is 1. The van der Waals surface area contributed by atoms with Gasteiger partial charge in [0.05, 0.1) is 17.6 Å². The molecule has 0 bridgehead atoms. The second kappa shape index (κ2) is 4.58. The molecule has 1 heterocycles. The normalized spacial score (nSPS) is 10.6. The van der Waals surface area contributed by atoms with Gasteiger partial charge in [-0.25, -0.2) is 4.79 Å². The predicted molar refractivity (Wildman–Crippen MR) is 67.4 cm³/mol. The van der Waals surface area contributed by atoms with E-state index in [-0.39, 0.29) is 6.61 Å². The summed E-state index contributed by atoms with van der Waals surface area (Å²) in [6.45, 7) is 2.72. The summed E-state index contributed by atoms with van der Waals surface area (Å²) in [6.07, 6.45) is -0.771. The van der Waals surface area contributed by atoms with E-state index in [1.54, 1.807) is 0 Å². The number of fused-ring (bicyclic) bond motifs is 1. The number of rotatable bonds is 3. The Morgan fingerprint density at radius 1 is 1.59 bits per heavy atom. The van der Waals surface area contributed by atoms with Gasteiger partial charge in [0.15, 0.2) is 4.77 Å². The second-order valence-electron chi connectivity index (χ2n) is 3.72. The van der Waals surface area contributed by atoms with Crippen LogP contribution in [0.15, 0.2) is 18.2 Å². The molecule has 0 saturated carbocycles. The zero-order valence-electron chi connectivity index (χ0n) is 9.40. The van der Waals surface area contributed by atoms with Crippen molar-refractivity contribution in [1.29, 1.82) is 0 Å². The third kappa shape index (κ3) is 2.31. The molecular weight excluding hydrogens is 238 g/mol. The minimum Gasteiger partial charge on any atom is -0.448 e. The highest BCUT2D eigenvalue weighted by molar-refractivity contribution is 7.71. The number of nitrogens with zero attached hydrogens (tertiary/aromatic N) is 1. The number of aryl methyl sites for hydroxylation is 1. The van der Waals surface area contributed by atoms with Crippen molar-refractivity contribution in [3.63, 3.8) is 0 Å². The van der Waals surface area contributed by atoms with Crippen molar-refractivity contribution in [2.24, 2.45) is 5.73 Å². The van der Waals surface area contributed by atoms with E-state index in [1.165, 1.54) is 0 Å². The van der Waals surface area contributed by atoms with Crippen LogP contribution in [0.25, 0.3) is 11.0 Å². The molecule has 2 rings (SSSR count). The number of nitrogens with two attached hydrogens (primary N) is 1. The first-order valence-electron chi connectivity index (χ1n) is 5.20. The van der Waals surface area contributed by atoms with E-state index in [0.717, 1.165) is 16.6 Å². The number of primary amides is 1. The summed E-state index contributed by atoms with van der Waals surface area (Å²) in [7, 11) is 0. The van der Waals surface area contributed by atoms with E-state index in [0.29, 0.717) is 11.3 Å². The van der Waals surface area contributed by atoms with Gasteiger partial charge in [-0.1, -0.05) is 12.1 Å². The first kappa shape index (κ1) is 11.7. The Balaban J connectivity index is 2.34. The number of carbonyl (C=O) groups excluding carboxylic acids is 1. The second-order valence-corrected chi connectivity index (χ2v) is 4.11. The minimum atomic E-state index is -0.771. The van der Waals surface area contributed by atoms with Crippen molar-refractivity contribution in [1.82, 2.24) is 9.55 Å². The molecule has 0 aliphatic carbocycles. The molecule has 0 aliphatic rings. The van der Waals surface area contributed by atoms with Gasteiger partial charge in [-0.2, -0.15) is 0 Å². The van der Waals surface area contributed by atoms with Gasteiger partial charge >= 0.3 is 6.09 Å². The molecule has 90 valence electrons. The SMILES string of the molecule is Cc1cccc2c1[nH]c(=S)n2CCOC(N)=O. The maximum Gasteiger partial charge on any atom is 0.404 e. The first-order valence-corrected chi connectivity index (χ1v) is 5.61. The van der Waals surface area contributed by atoms with Crippen LogP contribution in [0.4, 0.5) is 4.79 Å². The average Bonchev–Trinajstić information content (AvgIpc) is 2.57. The molecule has 1 aromatic carbocycles. The number of aromatic amines is 1. The van der Waals surface area contributed by atoms with Gasteiger partial charge in [-0.05, 0) is 30.8 Å². The van der Waals surface area contributed by atoms with Gasteiger partial charge in [0, 0.05) is 0 Å². The van der Waals surface area contributed by atoms with Crippen molar-refractivity contribution in [3.8, 4) is 0 Å². The molecule has 6 heteroatoms. The fraction of sp³-hybridized carbons (Fsp3) is 0.273. The van der Waals surface area contributed by atoms with Gasteiger partial charge < -0.3 is 20.0 Å². The summed E-state index contributed by atoms with van der Waals surface area (Å²) < 4.78 is 7.21. The van der Waals surface area contributed by atoms with Crippen LogP contribution < -0.4 is 5.73 Å². The molecule has 0 atom stereocenters. The summed E-state index contributed by atoms with van der Waals surface area (Å²) in [5.41, 5.74) is 8.04. The van der Waals surface area contributed by atoms with E-state index in [9.17, 15) is 4.79 Å². The molecule has 0 fully saturated rings. The number of imidazole rings is 1. The topological polar surface area (TPSA) is 73.0 Å². The number of hydrogen-bond donors (Lipinski definition) is 2. The lowest BCUT2D eigenvalue weighted by Gasteiger charge is -2.04. The van der Waals surface area contributed by atoms with Crippen LogP contribution in [-0.4, -0.2) is 22.3 Å². The number of benzene rings is 1. The van der Waals surface area contributed by atoms with Crippen LogP contribution in [0.3, 0.4) is 0 Å². The Morgan fingerprint density at radius 3 is 3.06 bits per heavy atom. The number of carbonyl (C=O) groups is 1. The summed E-state index contributed by atoms with van der Waals surface area (Å²) in [5, 5.41) is 0. The summed E-state index contributed by atoms with van der Waals surface area (Å²) in [6, 6.07) is 5.95. The quantitative estimate of drug-likeness (QED) is 0.820. The molecule has 3 N–H and O–H groups in total. The summed E-state index contributed by atoms with van der Waals surface area (Å²) in [4.78, 5) is 13.6. The highest BCUT2D eigenvalue weighted by atomic mass is 32.1. The lowest BCUT2D eigenvalue weighted by Crippen LogP contribution is -2.16. The number of hydrogen-bond acceptors (Lipinski definition) is 3.